The highest BCUT2D eigenvalue weighted by molar-refractivity contribution is 6.51. The topological polar surface area (TPSA) is 86.5 Å². The molecule has 0 saturated carbocycles. The largest absolute Gasteiger partial charge is 0.507 e. The number of anilines is 2. The van der Waals surface area contributed by atoms with Crippen molar-refractivity contribution in [1.82, 2.24) is 4.90 Å². The fourth-order valence-corrected chi connectivity index (χ4v) is 5.39. The number of carbonyl (C=O) groups excluding carboxylic acids is 2. The van der Waals surface area contributed by atoms with Gasteiger partial charge < -0.3 is 24.1 Å². The molecular formula is C27H25Cl2N3O5. The molecule has 1 atom stereocenters. The van der Waals surface area contributed by atoms with E-state index in [1.165, 1.54) is 30.4 Å². The normalized spacial score (nSPS) is 20.1. The molecule has 8 nitrogen and oxygen atoms in total. The SMILES string of the molecule is COc1c(Cl)cc(/C(O)=C2/C(=O)C(=O)N(c3ccc(N4CCN(C)CC4)cc3)C2c2ccco2)cc1Cl. The van der Waals surface area contributed by atoms with Gasteiger partial charge in [0.15, 0.2) is 5.75 Å². The zero-order valence-electron chi connectivity index (χ0n) is 20.3. The first-order valence-corrected chi connectivity index (χ1v) is 12.5. The fourth-order valence-electron chi connectivity index (χ4n) is 4.75. The number of methoxy groups -OCH3 is 1. The number of Topliss-reactive ketones (excluding diaryl/α,β-unsaturated/α-hetero) is 1. The number of furan rings is 1. The minimum absolute atomic E-state index is 0.125. The molecule has 0 radical (unpaired) electrons. The molecule has 3 heterocycles. The number of halogens is 2. The summed E-state index contributed by atoms with van der Waals surface area (Å²) in [5.41, 5.74) is 1.59. The Morgan fingerprint density at radius 1 is 1.00 bits per heavy atom. The summed E-state index contributed by atoms with van der Waals surface area (Å²) in [5.74, 6) is -1.47. The highest BCUT2D eigenvalue weighted by Crippen LogP contribution is 2.44. The lowest BCUT2D eigenvalue weighted by Crippen LogP contribution is -2.44. The molecule has 2 aromatic carbocycles. The number of amides is 1. The van der Waals surface area contributed by atoms with Crippen LogP contribution in [-0.4, -0.2) is 62.0 Å². The molecule has 2 aliphatic heterocycles. The van der Waals surface area contributed by atoms with Crippen molar-refractivity contribution >= 4 is 52.0 Å². The maximum atomic E-state index is 13.3. The first kappa shape index (κ1) is 25.2. The van der Waals surface area contributed by atoms with Crippen LogP contribution < -0.4 is 14.5 Å². The molecule has 1 N–H and O–H groups in total. The molecule has 5 rings (SSSR count). The Bertz CT molecular complexity index is 1340. The third-order valence-electron chi connectivity index (χ3n) is 6.73. The lowest BCUT2D eigenvalue weighted by molar-refractivity contribution is -0.132. The summed E-state index contributed by atoms with van der Waals surface area (Å²) < 4.78 is 10.8. The number of benzene rings is 2. The average molecular weight is 542 g/mol. The lowest BCUT2D eigenvalue weighted by Gasteiger charge is -2.34. The van der Waals surface area contributed by atoms with Crippen LogP contribution >= 0.6 is 23.2 Å². The van der Waals surface area contributed by atoms with E-state index >= 15 is 0 Å². The number of aliphatic hydroxyl groups excluding tert-OH is 1. The summed E-state index contributed by atoms with van der Waals surface area (Å²) in [6.07, 6.45) is 1.45. The molecule has 2 fully saturated rings. The zero-order chi connectivity index (χ0) is 26.3. The van der Waals surface area contributed by atoms with E-state index in [-0.39, 0.29) is 26.9 Å². The second-order valence-corrected chi connectivity index (χ2v) is 9.78. The van der Waals surface area contributed by atoms with Gasteiger partial charge >= 0.3 is 0 Å². The van der Waals surface area contributed by atoms with Crippen molar-refractivity contribution in [3.63, 3.8) is 0 Å². The number of aliphatic hydroxyl groups is 1. The van der Waals surface area contributed by atoms with E-state index < -0.39 is 23.5 Å². The fraction of sp³-hybridized carbons (Fsp3) is 0.259. The van der Waals surface area contributed by atoms with Crippen LogP contribution in [0.1, 0.15) is 17.4 Å². The van der Waals surface area contributed by atoms with Crippen LogP contribution in [0.4, 0.5) is 11.4 Å². The maximum Gasteiger partial charge on any atom is 0.300 e. The van der Waals surface area contributed by atoms with Crippen molar-refractivity contribution in [3.05, 3.63) is 81.7 Å². The van der Waals surface area contributed by atoms with Crippen LogP contribution in [0.25, 0.3) is 5.76 Å². The maximum absolute atomic E-state index is 13.3. The van der Waals surface area contributed by atoms with Crippen LogP contribution in [0.15, 0.2) is 64.8 Å². The molecule has 192 valence electrons. The van der Waals surface area contributed by atoms with Gasteiger partial charge in [-0.15, -0.1) is 0 Å². The van der Waals surface area contributed by atoms with Crippen LogP contribution in [0.2, 0.25) is 10.0 Å². The summed E-state index contributed by atoms with van der Waals surface area (Å²) in [7, 11) is 3.52. The Hall–Kier alpha value is -3.46. The van der Waals surface area contributed by atoms with E-state index in [1.54, 1.807) is 24.3 Å². The monoisotopic (exact) mass is 541 g/mol. The number of ether oxygens (including phenoxy) is 1. The Morgan fingerprint density at radius 3 is 2.19 bits per heavy atom. The predicted molar refractivity (Wildman–Crippen MR) is 143 cm³/mol. The molecule has 2 saturated heterocycles. The van der Waals surface area contributed by atoms with E-state index in [0.29, 0.717) is 11.4 Å². The number of carbonyl (C=O) groups is 2. The molecular weight excluding hydrogens is 517 g/mol. The molecule has 0 aliphatic carbocycles. The molecule has 10 heteroatoms. The summed E-state index contributed by atoms with van der Waals surface area (Å²) in [4.78, 5) is 32.5. The average Bonchev–Trinajstić information content (AvgIpc) is 3.51. The van der Waals surface area contributed by atoms with Crippen LogP contribution in [0, 0.1) is 0 Å². The van der Waals surface area contributed by atoms with Gasteiger partial charge in [0.25, 0.3) is 11.7 Å². The van der Waals surface area contributed by atoms with Crippen LogP contribution in [-0.2, 0) is 9.59 Å². The van der Waals surface area contributed by atoms with Gasteiger partial charge in [-0.3, -0.25) is 14.5 Å². The summed E-state index contributed by atoms with van der Waals surface area (Å²) >= 11 is 12.5. The van der Waals surface area contributed by atoms with Crippen molar-refractivity contribution in [2.75, 3.05) is 50.1 Å². The molecule has 0 bridgehead atoms. The van der Waals surface area contributed by atoms with Gasteiger partial charge in [0, 0.05) is 43.1 Å². The van der Waals surface area contributed by atoms with E-state index in [2.05, 4.69) is 16.8 Å². The molecule has 0 spiro atoms. The Morgan fingerprint density at radius 2 is 1.62 bits per heavy atom. The number of piperazine rings is 1. The number of nitrogens with zero attached hydrogens (tertiary/aromatic N) is 3. The second-order valence-electron chi connectivity index (χ2n) is 8.96. The van der Waals surface area contributed by atoms with Crippen molar-refractivity contribution in [2.45, 2.75) is 6.04 Å². The summed E-state index contributed by atoms with van der Waals surface area (Å²) in [5, 5.41) is 11.6. The molecule has 1 aromatic heterocycles. The van der Waals surface area contributed by atoms with Gasteiger partial charge in [-0.05, 0) is 55.6 Å². The van der Waals surface area contributed by atoms with Crippen molar-refractivity contribution < 1.29 is 23.8 Å². The van der Waals surface area contributed by atoms with E-state index in [0.717, 1.165) is 31.9 Å². The van der Waals surface area contributed by atoms with E-state index in [9.17, 15) is 14.7 Å². The summed E-state index contributed by atoms with van der Waals surface area (Å²) in [6, 6.07) is 12.7. The van der Waals surface area contributed by atoms with Gasteiger partial charge in [-0.1, -0.05) is 23.2 Å². The Balaban J connectivity index is 1.56. The standard InChI is InChI=1S/C27H25Cl2N3O5/c1-30-9-11-31(12-10-30)17-5-7-18(8-6-17)32-23(21-4-3-13-37-21)22(25(34)27(32)35)24(33)16-14-19(28)26(36-2)20(29)15-16/h3-8,13-15,23,33H,9-12H2,1-2H3/b24-22-. The van der Waals surface area contributed by atoms with Crippen molar-refractivity contribution in [1.29, 1.82) is 0 Å². The van der Waals surface area contributed by atoms with Gasteiger partial charge in [0.05, 0.1) is 29.0 Å². The number of ketones is 1. The molecule has 1 unspecified atom stereocenters. The first-order chi connectivity index (χ1) is 17.8. The van der Waals surface area contributed by atoms with E-state index in [4.69, 9.17) is 32.4 Å². The Kier molecular flexibility index (Phi) is 6.90. The number of rotatable bonds is 5. The molecule has 3 aromatic rings. The highest BCUT2D eigenvalue weighted by Gasteiger charge is 2.48. The van der Waals surface area contributed by atoms with E-state index in [1.807, 2.05) is 12.1 Å². The van der Waals surface area contributed by atoms with Crippen molar-refractivity contribution in [2.24, 2.45) is 0 Å². The number of hydrogen-bond donors (Lipinski definition) is 1. The lowest BCUT2D eigenvalue weighted by atomic mass is 9.99. The smallest absolute Gasteiger partial charge is 0.300 e. The van der Waals surface area contributed by atoms with Gasteiger partial charge in [0.2, 0.25) is 0 Å². The van der Waals surface area contributed by atoms with Gasteiger partial charge in [0.1, 0.15) is 17.6 Å². The zero-order valence-corrected chi connectivity index (χ0v) is 21.8. The Labute approximate surface area is 224 Å². The molecule has 2 aliphatic rings. The van der Waals surface area contributed by atoms with Gasteiger partial charge in [-0.25, -0.2) is 0 Å². The minimum atomic E-state index is -0.982. The number of likely N-dealkylation sites (N-methyl/N-ethyl adjacent to an activating group) is 1. The third-order valence-corrected chi connectivity index (χ3v) is 7.29. The summed E-state index contributed by atoms with van der Waals surface area (Å²) in [6.45, 7) is 3.74. The third kappa shape index (κ3) is 4.56. The van der Waals surface area contributed by atoms with Crippen molar-refractivity contribution in [3.8, 4) is 5.75 Å². The predicted octanol–water partition coefficient (Wildman–Crippen LogP) is 4.97. The quantitative estimate of drug-likeness (QED) is 0.277. The highest BCUT2D eigenvalue weighted by atomic mass is 35.5. The first-order valence-electron chi connectivity index (χ1n) is 11.7. The number of hydrogen-bond acceptors (Lipinski definition) is 7. The van der Waals surface area contributed by atoms with Crippen LogP contribution in [0.3, 0.4) is 0 Å². The molecule has 1 amide bonds. The minimum Gasteiger partial charge on any atom is -0.507 e. The van der Waals surface area contributed by atoms with Crippen LogP contribution in [0.5, 0.6) is 5.75 Å². The second kappa shape index (κ2) is 10.1. The molecule has 37 heavy (non-hydrogen) atoms. The van der Waals surface area contributed by atoms with Gasteiger partial charge in [-0.2, -0.15) is 0 Å².